The summed E-state index contributed by atoms with van der Waals surface area (Å²) in [5.74, 6) is -0.658. The molecule has 1 aliphatic heterocycles. The summed E-state index contributed by atoms with van der Waals surface area (Å²) in [6, 6.07) is 9.20. The van der Waals surface area contributed by atoms with Crippen LogP contribution in [0.3, 0.4) is 0 Å². The van der Waals surface area contributed by atoms with Gasteiger partial charge in [0.25, 0.3) is 11.1 Å². The molecule has 25 heavy (non-hydrogen) atoms. The summed E-state index contributed by atoms with van der Waals surface area (Å²) in [7, 11) is 1.23. The highest BCUT2D eigenvalue weighted by Gasteiger charge is 2.35. The van der Waals surface area contributed by atoms with Crippen LogP contribution >= 0.6 is 11.8 Å². The van der Waals surface area contributed by atoms with Gasteiger partial charge in [0.15, 0.2) is 0 Å². The third-order valence-electron chi connectivity index (χ3n) is 3.43. The van der Waals surface area contributed by atoms with Crippen LogP contribution in [-0.4, -0.2) is 34.2 Å². The topological polar surface area (TPSA) is 97.0 Å². The predicted molar refractivity (Wildman–Crippen MR) is 89.7 cm³/mol. The Labute approximate surface area is 146 Å². The van der Waals surface area contributed by atoms with E-state index in [1.807, 2.05) is 0 Å². The molecule has 1 fully saturated rings. The fraction of sp³-hybridized carbons (Fsp3) is 0.118. The van der Waals surface area contributed by atoms with E-state index in [1.54, 1.807) is 18.2 Å². The first-order valence-corrected chi connectivity index (χ1v) is 8.01. The molecule has 0 spiro atoms. The first-order chi connectivity index (χ1) is 12.0. The van der Waals surface area contributed by atoms with E-state index in [-0.39, 0.29) is 23.0 Å². The molecule has 7 nitrogen and oxygen atoms in total. The van der Waals surface area contributed by atoms with Gasteiger partial charge in [0.1, 0.15) is 11.5 Å². The number of phenolic OH excluding ortho intramolecular Hbond substituents is 1. The van der Waals surface area contributed by atoms with E-state index in [1.165, 1.54) is 31.4 Å². The van der Waals surface area contributed by atoms with Gasteiger partial charge in [-0.25, -0.2) is 4.79 Å². The minimum Gasteiger partial charge on any atom is -0.508 e. The molecule has 128 valence electrons. The number of esters is 1. The van der Waals surface area contributed by atoms with E-state index in [9.17, 15) is 19.5 Å². The van der Waals surface area contributed by atoms with E-state index in [0.717, 1.165) is 16.7 Å². The van der Waals surface area contributed by atoms with Gasteiger partial charge in [0.05, 0.1) is 18.6 Å². The van der Waals surface area contributed by atoms with Crippen LogP contribution in [0.25, 0.3) is 6.08 Å². The van der Waals surface area contributed by atoms with Crippen LogP contribution in [0.2, 0.25) is 0 Å². The molecular weight excluding hydrogens is 346 g/mol. The molecule has 2 heterocycles. The van der Waals surface area contributed by atoms with Crippen LogP contribution < -0.4 is 0 Å². The SMILES string of the molecule is COC(=O)c1ccc(CN2C(=O)S/C(=C/c3ccc(O)cc3)C2=O)o1. The minimum atomic E-state index is -0.632. The number of nitrogens with zero attached hydrogens (tertiary/aromatic N) is 1. The summed E-state index contributed by atoms with van der Waals surface area (Å²) < 4.78 is 9.83. The third kappa shape index (κ3) is 3.58. The molecule has 0 unspecified atom stereocenters. The summed E-state index contributed by atoms with van der Waals surface area (Å²) in [5, 5.41) is 8.85. The Morgan fingerprint density at radius 3 is 2.64 bits per heavy atom. The molecule has 1 N–H and O–H groups in total. The van der Waals surface area contributed by atoms with Crippen molar-refractivity contribution >= 4 is 35.0 Å². The minimum absolute atomic E-state index is 0.00380. The van der Waals surface area contributed by atoms with Crippen LogP contribution in [0.5, 0.6) is 5.75 Å². The lowest BCUT2D eigenvalue weighted by Crippen LogP contribution is -2.27. The predicted octanol–water partition coefficient (Wildman–Crippen LogP) is 3.01. The maximum absolute atomic E-state index is 12.4. The summed E-state index contributed by atoms with van der Waals surface area (Å²) in [6.45, 7) is -0.0748. The van der Waals surface area contributed by atoms with Gasteiger partial charge in [-0.05, 0) is 47.7 Å². The van der Waals surface area contributed by atoms with Crippen molar-refractivity contribution in [1.82, 2.24) is 4.90 Å². The number of benzene rings is 1. The van der Waals surface area contributed by atoms with E-state index in [2.05, 4.69) is 4.74 Å². The zero-order valence-corrected chi connectivity index (χ0v) is 13.9. The summed E-state index contributed by atoms with van der Waals surface area (Å²) in [4.78, 5) is 37.2. The highest BCUT2D eigenvalue weighted by atomic mass is 32.2. The van der Waals surface area contributed by atoms with Gasteiger partial charge in [0, 0.05) is 0 Å². The van der Waals surface area contributed by atoms with E-state index >= 15 is 0 Å². The van der Waals surface area contributed by atoms with Crippen molar-refractivity contribution in [2.24, 2.45) is 0 Å². The number of hydrogen-bond acceptors (Lipinski definition) is 7. The molecule has 2 aromatic rings. The number of hydrogen-bond donors (Lipinski definition) is 1. The molecule has 1 saturated heterocycles. The van der Waals surface area contributed by atoms with Gasteiger partial charge in [-0.1, -0.05) is 12.1 Å². The van der Waals surface area contributed by atoms with Crippen molar-refractivity contribution in [3.63, 3.8) is 0 Å². The number of carbonyl (C=O) groups is 3. The second-order valence-corrected chi connectivity index (χ2v) is 6.11. The number of carbonyl (C=O) groups excluding carboxylic acids is 3. The molecule has 1 aromatic heterocycles. The molecule has 2 amide bonds. The number of thioether (sulfide) groups is 1. The van der Waals surface area contributed by atoms with Crippen LogP contribution in [0.1, 0.15) is 21.9 Å². The fourth-order valence-corrected chi connectivity index (χ4v) is 3.03. The van der Waals surface area contributed by atoms with Crippen molar-refractivity contribution in [3.05, 3.63) is 58.4 Å². The molecule has 8 heteroatoms. The Bertz CT molecular complexity index is 868. The van der Waals surface area contributed by atoms with Crippen LogP contribution in [0.4, 0.5) is 4.79 Å². The lowest BCUT2D eigenvalue weighted by Gasteiger charge is -2.09. The fourth-order valence-electron chi connectivity index (χ4n) is 2.19. The molecule has 0 radical (unpaired) electrons. The van der Waals surface area contributed by atoms with Gasteiger partial charge >= 0.3 is 5.97 Å². The number of phenols is 1. The average Bonchev–Trinajstić information content (AvgIpc) is 3.17. The second kappa shape index (κ2) is 6.86. The number of methoxy groups -OCH3 is 1. The number of rotatable bonds is 4. The van der Waals surface area contributed by atoms with Crippen LogP contribution in [-0.2, 0) is 16.1 Å². The highest BCUT2D eigenvalue weighted by molar-refractivity contribution is 8.18. The van der Waals surface area contributed by atoms with E-state index in [4.69, 9.17) is 4.42 Å². The molecule has 1 aromatic carbocycles. The van der Waals surface area contributed by atoms with E-state index in [0.29, 0.717) is 11.3 Å². The van der Waals surface area contributed by atoms with E-state index < -0.39 is 17.1 Å². The molecule has 0 saturated carbocycles. The van der Waals surface area contributed by atoms with Crippen molar-refractivity contribution in [3.8, 4) is 5.75 Å². The van der Waals surface area contributed by atoms with Gasteiger partial charge in [-0.15, -0.1) is 0 Å². The second-order valence-electron chi connectivity index (χ2n) is 5.12. The lowest BCUT2D eigenvalue weighted by molar-refractivity contribution is -0.123. The van der Waals surface area contributed by atoms with Crippen molar-refractivity contribution in [2.75, 3.05) is 7.11 Å². The Morgan fingerprint density at radius 2 is 1.96 bits per heavy atom. The Hall–Kier alpha value is -3.00. The summed E-state index contributed by atoms with van der Waals surface area (Å²) in [5.41, 5.74) is 0.689. The molecule has 0 aliphatic carbocycles. The van der Waals surface area contributed by atoms with Gasteiger partial charge in [-0.3, -0.25) is 14.5 Å². The van der Waals surface area contributed by atoms with Crippen molar-refractivity contribution < 1.29 is 28.6 Å². The summed E-state index contributed by atoms with van der Waals surface area (Å²) in [6.07, 6.45) is 1.58. The normalized spacial score (nSPS) is 15.9. The molecule has 0 atom stereocenters. The quantitative estimate of drug-likeness (QED) is 0.662. The maximum Gasteiger partial charge on any atom is 0.373 e. The summed E-state index contributed by atoms with van der Waals surface area (Å²) >= 11 is 0.820. The lowest BCUT2D eigenvalue weighted by atomic mass is 10.2. The smallest absolute Gasteiger partial charge is 0.373 e. The molecule has 1 aliphatic rings. The number of amides is 2. The van der Waals surface area contributed by atoms with Crippen molar-refractivity contribution in [1.29, 1.82) is 0 Å². The number of ether oxygens (including phenoxy) is 1. The molecule has 0 bridgehead atoms. The van der Waals surface area contributed by atoms with Gasteiger partial charge < -0.3 is 14.3 Å². The largest absolute Gasteiger partial charge is 0.508 e. The van der Waals surface area contributed by atoms with Crippen LogP contribution in [0, 0.1) is 0 Å². The zero-order chi connectivity index (χ0) is 18.0. The highest BCUT2D eigenvalue weighted by Crippen LogP contribution is 2.33. The van der Waals surface area contributed by atoms with Crippen LogP contribution in [0.15, 0.2) is 45.7 Å². The molecular formula is C17H13NO6S. The Balaban J connectivity index is 1.76. The first-order valence-electron chi connectivity index (χ1n) is 7.19. The first kappa shape index (κ1) is 16.8. The van der Waals surface area contributed by atoms with Gasteiger partial charge in [-0.2, -0.15) is 0 Å². The number of aromatic hydroxyl groups is 1. The molecule has 3 rings (SSSR count). The maximum atomic E-state index is 12.4. The Morgan fingerprint density at radius 1 is 1.24 bits per heavy atom. The number of furan rings is 1. The standard InChI is InChI=1S/C17H13NO6S/c1-23-16(21)13-7-6-12(24-13)9-18-15(20)14(25-17(18)22)8-10-2-4-11(19)5-3-10/h2-8,19H,9H2,1H3/b14-8+. The number of imide groups is 1. The van der Waals surface area contributed by atoms with Crippen molar-refractivity contribution in [2.45, 2.75) is 6.54 Å². The Kier molecular flexibility index (Phi) is 4.62. The average molecular weight is 359 g/mol. The monoisotopic (exact) mass is 359 g/mol. The third-order valence-corrected chi connectivity index (χ3v) is 4.33. The zero-order valence-electron chi connectivity index (χ0n) is 13.1. The van der Waals surface area contributed by atoms with Gasteiger partial charge in [0.2, 0.25) is 5.76 Å².